The van der Waals surface area contributed by atoms with Crippen LogP contribution in [-0.2, 0) is 26.7 Å². The van der Waals surface area contributed by atoms with Crippen LogP contribution in [0, 0.1) is 13.8 Å². The van der Waals surface area contributed by atoms with E-state index in [1.807, 2.05) is 53.7 Å². The summed E-state index contributed by atoms with van der Waals surface area (Å²) in [6.07, 6.45) is 0.764. The topological polar surface area (TPSA) is 109 Å². The van der Waals surface area contributed by atoms with Gasteiger partial charge in [0.15, 0.2) is 0 Å². The molecule has 8 heteroatoms. The second-order valence-electron chi connectivity index (χ2n) is 9.30. The third-order valence-electron chi connectivity index (χ3n) is 5.85. The molecule has 2 aromatic carbocycles. The van der Waals surface area contributed by atoms with Crippen LogP contribution in [0.15, 0.2) is 34.1 Å². The Morgan fingerprint density at radius 2 is 1.28 bits per heavy atom. The van der Waals surface area contributed by atoms with Crippen LogP contribution in [0.2, 0.25) is 0 Å². The summed E-state index contributed by atoms with van der Waals surface area (Å²) in [5.41, 5.74) is 3.92. The molecule has 1 unspecified atom stereocenters. The van der Waals surface area contributed by atoms with E-state index < -0.39 is 20.2 Å². The van der Waals surface area contributed by atoms with E-state index in [4.69, 9.17) is 0 Å². The lowest BCUT2D eigenvalue weighted by Gasteiger charge is -2.23. The van der Waals surface area contributed by atoms with Crippen molar-refractivity contribution in [3.63, 3.8) is 0 Å². The summed E-state index contributed by atoms with van der Waals surface area (Å²) in [5.74, 6) is -0.222. The molecule has 0 saturated heterocycles. The minimum atomic E-state index is -4.46. The molecule has 0 bridgehead atoms. The van der Waals surface area contributed by atoms with E-state index in [0.29, 0.717) is 35.1 Å². The molecule has 2 N–H and O–H groups in total. The zero-order valence-corrected chi connectivity index (χ0v) is 21.4. The fourth-order valence-electron chi connectivity index (χ4n) is 4.25. The van der Waals surface area contributed by atoms with E-state index in [1.54, 1.807) is 19.1 Å². The smallest absolute Gasteiger partial charge is 0.282 e. The second kappa shape index (κ2) is 9.63. The molecular formula is C24H34O6S2. The van der Waals surface area contributed by atoms with Gasteiger partial charge in [0.05, 0.1) is 4.90 Å². The van der Waals surface area contributed by atoms with Gasteiger partial charge in [-0.25, -0.2) is 0 Å². The molecule has 2 rings (SSSR count). The van der Waals surface area contributed by atoms with Gasteiger partial charge in [-0.15, -0.1) is 0 Å². The molecule has 0 aliphatic rings. The lowest BCUT2D eigenvalue weighted by Crippen LogP contribution is -2.13. The molecule has 2 aromatic rings. The molecule has 0 saturated carbocycles. The molecule has 0 fully saturated rings. The Morgan fingerprint density at radius 1 is 0.750 bits per heavy atom. The third-order valence-corrected chi connectivity index (χ3v) is 7.93. The van der Waals surface area contributed by atoms with Crippen molar-refractivity contribution in [1.82, 2.24) is 0 Å². The first-order valence-corrected chi connectivity index (χ1v) is 13.6. The first kappa shape index (κ1) is 26.5. The van der Waals surface area contributed by atoms with Crippen molar-refractivity contribution in [2.75, 3.05) is 0 Å². The Balaban J connectivity index is 2.59. The predicted octanol–water partition coefficient (Wildman–Crippen LogP) is 5.78. The Bertz CT molecular complexity index is 1210. The van der Waals surface area contributed by atoms with E-state index in [1.165, 1.54) is 0 Å². The maximum Gasteiger partial charge on any atom is 0.295 e. The van der Waals surface area contributed by atoms with Crippen LogP contribution in [0.3, 0.4) is 0 Å². The first-order valence-electron chi connectivity index (χ1n) is 10.8. The van der Waals surface area contributed by atoms with Gasteiger partial charge in [0.1, 0.15) is 4.90 Å². The van der Waals surface area contributed by atoms with Crippen LogP contribution in [-0.4, -0.2) is 25.9 Å². The molecule has 0 aromatic heterocycles. The van der Waals surface area contributed by atoms with Gasteiger partial charge in [0.2, 0.25) is 0 Å². The highest BCUT2D eigenvalue weighted by molar-refractivity contribution is 7.86. The molecule has 0 aliphatic carbocycles. The molecule has 1 atom stereocenters. The molecule has 178 valence electrons. The minimum Gasteiger partial charge on any atom is -0.282 e. The zero-order valence-electron chi connectivity index (χ0n) is 19.8. The van der Waals surface area contributed by atoms with Crippen LogP contribution in [0.1, 0.15) is 92.2 Å². The van der Waals surface area contributed by atoms with Gasteiger partial charge >= 0.3 is 0 Å². The number of aryl methyl sites for hydroxylation is 3. The Kier molecular flexibility index (Phi) is 7.98. The fraction of sp³-hybridized carbons (Fsp3) is 0.500. The molecule has 32 heavy (non-hydrogen) atoms. The number of hydrogen-bond acceptors (Lipinski definition) is 4. The summed E-state index contributed by atoms with van der Waals surface area (Å²) in [5, 5.41) is 0. The lowest BCUT2D eigenvalue weighted by molar-refractivity contribution is 0.478. The highest BCUT2D eigenvalue weighted by atomic mass is 32.2. The minimum absolute atomic E-state index is 0.0557. The molecular weight excluding hydrogens is 448 g/mol. The summed E-state index contributed by atoms with van der Waals surface area (Å²) < 4.78 is 68.4. The SMILES string of the molecule is Cc1cc(C)c(S(=O)(=O)O)c(CCC(C)c2cc(C(C)C)cc(C(C)C)c2S(=O)(=O)O)c1. The monoisotopic (exact) mass is 482 g/mol. The molecule has 0 aliphatic heterocycles. The van der Waals surface area contributed by atoms with Crippen LogP contribution in [0.25, 0.3) is 0 Å². The Labute approximate surface area is 192 Å². The van der Waals surface area contributed by atoms with Gasteiger partial charge in [-0.2, -0.15) is 16.8 Å². The van der Waals surface area contributed by atoms with E-state index in [9.17, 15) is 25.9 Å². The fourth-order valence-corrected chi connectivity index (χ4v) is 6.36. The normalized spacial score (nSPS) is 13.7. The van der Waals surface area contributed by atoms with Gasteiger partial charge in [0.25, 0.3) is 20.2 Å². The molecule has 0 spiro atoms. The quantitative estimate of drug-likeness (QED) is 0.462. The zero-order chi connectivity index (χ0) is 24.6. The standard InChI is InChI=1S/C24H34O6S2/c1-14(2)20-12-21(15(3)4)24(32(28,29)30)22(13-20)17(6)8-9-19-11-16(5)10-18(7)23(19)31(25,26)27/h10-15,17H,8-9H2,1-7H3,(H,25,26,27)(H,28,29,30). The number of hydrogen-bond donors (Lipinski definition) is 2. The molecule has 0 heterocycles. The average molecular weight is 483 g/mol. The van der Waals surface area contributed by atoms with Crippen molar-refractivity contribution in [1.29, 1.82) is 0 Å². The lowest BCUT2D eigenvalue weighted by atomic mass is 9.86. The summed E-state index contributed by atoms with van der Waals surface area (Å²) >= 11 is 0. The highest BCUT2D eigenvalue weighted by Crippen LogP contribution is 2.37. The van der Waals surface area contributed by atoms with Crippen molar-refractivity contribution >= 4 is 20.2 Å². The van der Waals surface area contributed by atoms with Crippen molar-refractivity contribution in [2.45, 2.75) is 88.9 Å². The molecule has 0 radical (unpaired) electrons. The van der Waals surface area contributed by atoms with Crippen LogP contribution >= 0.6 is 0 Å². The summed E-state index contributed by atoms with van der Waals surface area (Å²) in [6, 6.07) is 7.11. The Morgan fingerprint density at radius 3 is 1.75 bits per heavy atom. The molecule has 0 amide bonds. The van der Waals surface area contributed by atoms with Gasteiger partial charge in [-0.1, -0.05) is 64.4 Å². The van der Waals surface area contributed by atoms with E-state index in [-0.39, 0.29) is 27.5 Å². The summed E-state index contributed by atoms with van der Waals surface area (Å²) in [6.45, 7) is 13.2. The second-order valence-corrected chi connectivity index (χ2v) is 12.0. The van der Waals surface area contributed by atoms with Crippen molar-refractivity contribution in [3.8, 4) is 0 Å². The van der Waals surface area contributed by atoms with Gasteiger partial charge < -0.3 is 0 Å². The molecule has 6 nitrogen and oxygen atoms in total. The number of rotatable bonds is 8. The van der Waals surface area contributed by atoms with Crippen LogP contribution in [0.5, 0.6) is 0 Å². The largest absolute Gasteiger partial charge is 0.295 e. The first-order chi connectivity index (χ1) is 14.5. The Hall–Kier alpha value is -1.74. The van der Waals surface area contributed by atoms with Gasteiger partial charge in [-0.05, 0) is 72.3 Å². The maximum absolute atomic E-state index is 12.4. The van der Waals surface area contributed by atoms with Crippen LogP contribution in [0.4, 0.5) is 0 Å². The summed E-state index contributed by atoms with van der Waals surface area (Å²) in [4.78, 5) is -0.149. The average Bonchev–Trinajstić information content (AvgIpc) is 2.62. The highest BCUT2D eigenvalue weighted by Gasteiger charge is 2.27. The van der Waals surface area contributed by atoms with E-state index in [0.717, 1.165) is 11.1 Å². The van der Waals surface area contributed by atoms with Crippen LogP contribution < -0.4 is 0 Å². The van der Waals surface area contributed by atoms with E-state index >= 15 is 0 Å². The van der Waals surface area contributed by atoms with Crippen molar-refractivity contribution in [2.24, 2.45) is 0 Å². The maximum atomic E-state index is 12.4. The summed E-state index contributed by atoms with van der Waals surface area (Å²) in [7, 11) is -8.86. The van der Waals surface area contributed by atoms with Crippen molar-refractivity contribution in [3.05, 3.63) is 57.6 Å². The van der Waals surface area contributed by atoms with E-state index in [2.05, 4.69) is 0 Å². The predicted molar refractivity (Wildman–Crippen MR) is 127 cm³/mol. The van der Waals surface area contributed by atoms with Gasteiger partial charge in [0, 0.05) is 0 Å². The van der Waals surface area contributed by atoms with Crippen molar-refractivity contribution < 1.29 is 25.9 Å². The number of benzene rings is 2. The third kappa shape index (κ3) is 5.98. The van der Waals surface area contributed by atoms with Gasteiger partial charge in [-0.3, -0.25) is 9.11 Å².